The number of hydrogen-bond acceptors (Lipinski definition) is 3. The summed E-state index contributed by atoms with van der Waals surface area (Å²) in [6, 6.07) is 12.4. The van der Waals surface area contributed by atoms with E-state index in [0.717, 1.165) is 27.6 Å². The van der Waals surface area contributed by atoms with Crippen LogP contribution in [0, 0.1) is 13.8 Å². The van der Waals surface area contributed by atoms with Gasteiger partial charge in [-0.3, -0.25) is 0 Å². The average Bonchev–Trinajstić information content (AvgIpc) is 2.71. The maximum atomic E-state index is 4.54. The standard InChI is InChI=1S/C14H13N3S/c1-9-8-12-13(15-9)16-10(2)17-14(12)18-11-6-4-3-5-7-11/h3-8H,1-2H3,(H,15,16,17). The Morgan fingerprint density at radius 3 is 2.61 bits per heavy atom. The second-order valence-corrected chi connectivity index (χ2v) is 5.27. The van der Waals surface area contributed by atoms with Gasteiger partial charge in [0.15, 0.2) is 0 Å². The predicted molar refractivity (Wildman–Crippen MR) is 73.9 cm³/mol. The third-order valence-electron chi connectivity index (χ3n) is 2.66. The van der Waals surface area contributed by atoms with Gasteiger partial charge < -0.3 is 4.98 Å². The van der Waals surface area contributed by atoms with Gasteiger partial charge in [0.25, 0.3) is 0 Å². The van der Waals surface area contributed by atoms with Crippen LogP contribution in [0.5, 0.6) is 0 Å². The van der Waals surface area contributed by atoms with Gasteiger partial charge in [0.2, 0.25) is 0 Å². The normalized spacial score (nSPS) is 11.0. The number of rotatable bonds is 2. The molecule has 3 rings (SSSR count). The zero-order chi connectivity index (χ0) is 12.5. The molecule has 0 unspecified atom stereocenters. The lowest BCUT2D eigenvalue weighted by Crippen LogP contribution is -1.91. The van der Waals surface area contributed by atoms with E-state index in [4.69, 9.17) is 0 Å². The third-order valence-corrected chi connectivity index (χ3v) is 3.67. The van der Waals surface area contributed by atoms with Crippen LogP contribution in [0.2, 0.25) is 0 Å². The smallest absolute Gasteiger partial charge is 0.142 e. The Hall–Kier alpha value is -1.81. The summed E-state index contributed by atoms with van der Waals surface area (Å²) in [4.78, 5) is 13.4. The van der Waals surface area contributed by atoms with Crippen molar-refractivity contribution in [3.05, 3.63) is 47.9 Å². The topological polar surface area (TPSA) is 41.6 Å². The fourth-order valence-electron chi connectivity index (χ4n) is 1.90. The molecule has 4 heteroatoms. The lowest BCUT2D eigenvalue weighted by atomic mass is 10.4. The molecule has 0 radical (unpaired) electrons. The number of nitrogens with one attached hydrogen (secondary N) is 1. The molecule has 0 fully saturated rings. The Morgan fingerprint density at radius 1 is 1.06 bits per heavy atom. The fourth-order valence-corrected chi connectivity index (χ4v) is 2.86. The molecule has 90 valence electrons. The van der Waals surface area contributed by atoms with Gasteiger partial charge in [-0.25, -0.2) is 9.97 Å². The maximum Gasteiger partial charge on any atom is 0.142 e. The summed E-state index contributed by atoms with van der Waals surface area (Å²) in [5.41, 5.74) is 2.03. The van der Waals surface area contributed by atoms with E-state index in [9.17, 15) is 0 Å². The van der Waals surface area contributed by atoms with E-state index >= 15 is 0 Å². The highest BCUT2D eigenvalue weighted by atomic mass is 32.2. The average molecular weight is 255 g/mol. The second-order valence-electron chi connectivity index (χ2n) is 4.21. The van der Waals surface area contributed by atoms with Crippen molar-refractivity contribution >= 4 is 22.8 Å². The maximum absolute atomic E-state index is 4.54. The minimum atomic E-state index is 0.794. The zero-order valence-electron chi connectivity index (χ0n) is 10.3. The number of hydrogen-bond donors (Lipinski definition) is 1. The molecular weight excluding hydrogens is 242 g/mol. The number of aromatic amines is 1. The minimum Gasteiger partial charge on any atom is -0.343 e. The number of fused-ring (bicyclic) bond motifs is 1. The molecule has 1 aromatic carbocycles. The predicted octanol–water partition coefficient (Wildman–Crippen LogP) is 3.73. The number of H-pyrrole nitrogens is 1. The molecule has 18 heavy (non-hydrogen) atoms. The van der Waals surface area contributed by atoms with Crippen molar-refractivity contribution < 1.29 is 0 Å². The first-order chi connectivity index (χ1) is 8.72. The lowest BCUT2D eigenvalue weighted by molar-refractivity contribution is 1.00. The fraction of sp³-hybridized carbons (Fsp3) is 0.143. The van der Waals surface area contributed by atoms with Crippen LogP contribution < -0.4 is 0 Å². The number of benzene rings is 1. The summed E-state index contributed by atoms with van der Waals surface area (Å²) >= 11 is 1.67. The summed E-state index contributed by atoms with van der Waals surface area (Å²) in [5.74, 6) is 0.794. The van der Waals surface area contributed by atoms with Gasteiger partial charge in [0.1, 0.15) is 16.5 Å². The Labute approximate surface area is 110 Å². The molecule has 1 N–H and O–H groups in total. The molecule has 0 bridgehead atoms. The van der Waals surface area contributed by atoms with Crippen LogP contribution in [0.3, 0.4) is 0 Å². The summed E-state index contributed by atoms with van der Waals surface area (Å²) in [5, 5.41) is 2.10. The van der Waals surface area contributed by atoms with Crippen LogP contribution in [0.25, 0.3) is 11.0 Å². The monoisotopic (exact) mass is 255 g/mol. The highest BCUT2D eigenvalue weighted by Crippen LogP contribution is 2.31. The van der Waals surface area contributed by atoms with E-state index in [-0.39, 0.29) is 0 Å². The first-order valence-corrected chi connectivity index (χ1v) is 6.61. The van der Waals surface area contributed by atoms with Crippen molar-refractivity contribution in [2.24, 2.45) is 0 Å². The van der Waals surface area contributed by atoms with E-state index in [0.29, 0.717) is 0 Å². The molecule has 0 amide bonds. The Kier molecular flexibility index (Phi) is 2.80. The van der Waals surface area contributed by atoms with Crippen molar-refractivity contribution in [3.8, 4) is 0 Å². The Morgan fingerprint density at radius 2 is 1.83 bits per heavy atom. The van der Waals surface area contributed by atoms with Crippen molar-refractivity contribution in [3.63, 3.8) is 0 Å². The van der Waals surface area contributed by atoms with Crippen molar-refractivity contribution in [1.29, 1.82) is 0 Å². The van der Waals surface area contributed by atoms with Gasteiger partial charge >= 0.3 is 0 Å². The number of aryl methyl sites for hydroxylation is 2. The number of aromatic nitrogens is 3. The largest absolute Gasteiger partial charge is 0.343 e. The molecule has 0 atom stereocenters. The lowest BCUT2D eigenvalue weighted by Gasteiger charge is -2.03. The number of nitrogens with zero attached hydrogens (tertiary/aromatic N) is 2. The molecule has 3 nitrogen and oxygen atoms in total. The molecule has 0 saturated heterocycles. The molecule has 2 aromatic heterocycles. The van der Waals surface area contributed by atoms with Crippen molar-refractivity contribution in [2.45, 2.75) is 23.8 Å². The zero-order valence-corrected chi connectivity index (χ0v) is 11.1. The third kappa shape index (κ3) is 2.11. The van der Waals surface area contributed by atoms with Crippen LogP contribution in [-0.2, 0) is 0 Å². The summed E-state index contributed by atoms with van der Waals surface area (Å²) < 4.78 is 0. The molecule has 0 aliphatic rings. The van der Waals surface area contributed by atoms with Crippen LogP contribution in [0.15, 0.2) is 46.3 Å². The first kappa shape index (κ1) is 11.3. The van der Waals surface area contributed by atoms with Gasteiger partial charge in [-0.15, -0.1) is 0 Å². The van der Waals surface area contributed by atoms with Crippen molar-refractivity contribution in [1.82, 2.24) is 15.0 Å². The van der Waals surface area contributed by atoms with Crippen LogP contribution in [-0.4, -0.2) is 15.0 Å². The van der Waals surface area contributed by atoms with E-state index < -0.39 is 0 Å². The quantitative estimate of drug-likeness (QED) is 0.709. The van der Waals surface area contributed by atoms with Gasteiger partial charge in [-0.05, 0) is 32.0 Å². The molecular formula is C14H13N3S. The molecule has 0 aliphatic heterocycles. The summed E-state index contributed by atoms with van der Waals surface area (Å²) in [7, 11) is 0. The Bertz CT molecular complexity index is 689. The molecule has 0 aliphatic carbocycles. The Balaban J connectivity index is 2.10. The highest BCUT2D eigenvalue weighted by Gasteiger charge is 2.09. The molecule has 0 saturated carbocycles. The van der Waals surface area contributed by atoms with Gasteiger partial charge in [0, 0.05) is 10.6 Å². The van der Waals surface area contributed by atoms with Gasteiger partial charge in [-0.1, -0.05) is 30.0 Å². The summed E-state index contributed by atoms with van der Waals surface area (Å²) in [6.45, 7) is 3.96. The van der Waals surface area contributed by atoms with E-state index in [1.54, 1.807) is 11.8 Å². The van der Waals surface area contributed by atoms with Gasteiger partial charge in [-0.2, -0.15) is 0 Å². The summed E-state index contributed by atoms with van der Waals surface area (Å²) in [6.07, 6.45) is 0. The SMILES string of the molecule is Cc1nc(Sc2ccccc2)c2cc(C)[nH]c2n1. The van der Waals surface area contributed by atoms with Crippen LogP contribution in [0.4, 0.5) is 0 Å². The minimum absolute atomic E-state index is 0.794. The molecule has 3 aromatic rings. The van der Waals surface area contributed by atoms with E-state index in [1.807, 2.05) is 32.0 Å². The molecule has 0 spiro atoms. The molecule has 2 heterocycles. The highest BCUT2D eigenvalue weighted by molar-refractivity contribution is 7.99. The van der Waals surface area contributed by atoms with E-state index in [2.05, 4.69) is 33.2 Å². The van der Waals surface area contributed by atoms with Gasteiger partial charge in [0.05, 0.1) is 5.39 Å². The van der Waals surface area contributed by atoms with E-state index in [1.165, 1.54) is 4.90 Å². The second kappa shape index (κ2) is 4.46. The van der Waals surface area contributed by atoms with Crippen molar-refractivity contribution in [2.75, 3.05) is 0 Å². The van der Waals surface area contributed by atoms with Crippen LogP contribution in [0.1, 0.15) is 11.5 Å². The van der Waals surface area contributed by atoms with Crippen LogP contribution >= 0.6 is 11.8 Å². The first-order valence-electron chi connectivity index (χ1n) is 5.79.